The lowest BCUT2D eigenvalue weighted by Crippen LogP contribution is -2.42. The van der Waals surface area contributed by atoms with Crippen molar-refractivity contribution >= 4 is 55.5 Å². The van der Waals surface area contributed by atoms with Crippen molar-refractivity contribution in [1.29, 1.82) is 0 Å². The van der Waals surface area contributed by atoms with Gasteiger partial charge in [0.25, 0.3) is 0 Å². The van der Waals surface area contributed by atoms with Crippen molar-refractivity contribution in [3.8, 4) is 0 Å². The monoisotopic (exact) mass is 561 g/mol. The first-order valence-electron chi connectivity index (χ1n) is 11.5. The number of allylic oxidation sites excluding steroid dienone is 1. The van der Waals surface area contributed by atoms with Crippen molar-refractivity contribution in [1.82, 2.24) is 0 Å². The number of anilines is 2. The van der Waals surface area contributed by atoms with Crippen LogP contribution < -0.4 is 10.0 Å². The van der Waals surface area contributed by atoms with E-state index in [2.05, 4.69) is 14.4 Å². The summed E-state index contributed by atoms with van der Waals surface area (Å²) in [7, 11) is -7.52. The van der Waals surface area contributed by atoms with Crippen LogP contribution in [0.1, 0.15) is 31.4 Å². The number of benzene rings is 2. The molecule has 38 heavy (non-hydrogen) atoms. The molecule has 0 fully saturated rings. The summed E-state index contributed by atoms with van der Waals surface area (Å²) in [4.78, 5) is 25.7. The largest absolute Gasteiger partial charge is 0.506 e. The highest BCUT2D eigenvalue weighted by molar-refractivity contribution is 8.23. The van der Waals surface area contributed by atoms with Crippen LogP contribution >= 0.6 is 10.8 Å². The predicted octanol–water partition coefficient (Wildman–Crippen LogP) is 4.23. The van der Waals surface area contributed by atoms with Crippen LogP contribution in [0.3, 0.4) is 0 Å². The molecule has 5 N–H and O–H groups in total. The number of rotatable bonds is 7. The first kappa shape index (κ1) is 27.4. The minimum absolute atomic E-state index is 0.0824. The van der Waals surface area contributed by atoms with Crippen LogP contribution in [0.4, 0.5) is 11.4 Å². The fourth-order valence-electron chi connectivity index (χ4n) is 4.38. The van der Waals surface area contributed by atoms with E-state index in [0.717, 1.165) is 6.26 Å². The Morgan fingerprint density at radius 1 is 1.24 bits per heavy atom. The van der Waals surface area contributed by atoms with Crippen molar-refractivity contribution in [2.75, 3.05) is 22.9 Å². The van der Waals surface area contributed by atoms with Gasteiger partial charge < -0.3 is 15.2 Å². The van der Waals surface area contributed by atoms with Gasteiger partial charge in [-0.1, -0.05) is 41.1 Å². The van der Waals surface area contributed by atoms with Crippen LogP contribution in [-0.2, 0) is 29.8 Å². The summed E-state index contributed by atoms with van der Waals surface area (Å²) in [6.45, 7) is 3.54. The first-order chi connectivity index (χ1) is 17.8. The number of amidine groups is 1. The van der Waals surface area contributed by atoms with Crippen LogP contribution in [0, 0.1) is 0 Å². The van der Waals surface area contributed by atoms with Crippen molar-refractivity contribution in [2.45, 2.75) is 30.6 Å². The summed E-state index contributed by atoms with van der Waals surface area (Å²) in [6, 6.07) is 10.8. The molecule has 0 saturated carbocycles. The molecular weight excluding hydrogens is 534 g/mol. The maximum Gasteiger partial charge on any atom is 0.330 e. The number of aliphatic hydroxyl groups is 1. The van der Waals surface area contributed by atoms with Gasteiger partial charge in [-0.05, 0) is 44.0 Å². The Balaban J connectivity index is 1.78. The number of esters is 1. The standard InChI is InChI=1S/C25H27N3O8S2/c1-4-36-20(29)10-7-13-25(2)17-9-6-5-8-16(17)22(30)21(23(25)31)24-26-18-12-11-15(27-37(3,32)33)14-19(18)38(34,35)28-24/h5-12,14,27,30,34-35H,4,13H2,1-3H3,(H,26,28). The van der Waals surface area contributed by atoms with E-state index >= 15 is 0 Å². The number of carbonyl (C=O) groups excluding carboxylic acids is 2. The van der Waals surface area contributed by atoms with Crippen molar-refractivity contribution in [3.63, 3.8) is 0 Å². The molecule has 4 rings (SSSR count). The minimum atomic E-state index is -3.90. The Hall–Kier alpha value is -3.65. The van der Waals surface area contributed by atoms with Gasteiger partial charge in [0, 0.05) is 11.6 Å². The predicted molar refractivity (Wildman–Crippen MR) is 146 cm³/mol. The second-order valence-electron chi connectivity index (χ2n) is 8.96. The zero-order valence-electron chi connectivity index (χ0n) is 20.8. The molecule has 1 aliphatic carbocycles. The molecular formula is C25H27N3O8S2. The van der Waals surface area contributed by atoms with Gasteiger partial charge in [-0.2, -0.15) is 0 Å². The van der Waals surface area contributed by atoms with Crippen LogP contribution in [0.15, 0.2) is 69.5 Å². The molecule has 1 aliphatic heterocycles. The number of hydrogen-bond acceptors (Lipinski definition) is 10. The lowest BCUT2D eigenvalue weighted by molar-refractivity contribution is -0.137. The van der Waals surface area contributed by atoms with Gasteiger partial charge in [0.1, 0.15) is 16.2 Å². The smallest absolute Gasteiger partial charge is 0.330 e. The summed E-state index contributed by atoms with van der Waals surface area (Å²) in [5.41, 5.74) is -0.340. The Labute approximate surface area is 221 Å². The highest BCUT2D eigenvalue weighted by Gasteiger charge is 2.46. The summed E-state index contributed by atoms with van der Waals surface area (Å²) >= 11 is 0. The van der Waals surface area contributed by atoms with Crippen LogP contribution in [0.2, 0.25) is 0 Å². The molecule has 0 radical (unpaired) electrons. The molecule has 0 bridgehead atoms. The molecule has 1 heterocycles. The normalized spacial score (nSPS) is 21.2. The minimum Gasteiger partial charge on any atom is -0.506 e. The van der Waals surface area contributed by atoms with E-state index < -0.39 is 43.7 Å². The van der Waals surface area contributed by atoms with Crippen molar-refractivity contribution in [2.24, 2.45) is 4.40 Å². The van der Waals surface area contributed by atoms with E-state index in [1.54, 1.807) is 38.1 Å². The molecule has 0 aromatic heterocycles. The van der Waals surface area contributed by atoms with E-state index in [0.29, 0.717) is 11.1 Å². The molecule has 11 nitrogen and oxygen atoms in total. The van der Waals surface area contributed by atoms with Crippen LogP contribution in [0.5, 0.6) is 0 Å². The second-order valence-corrected chi connectivity index (χ2v) is 12.4. The van der Waals surface area contributed by atoms with Gasteiger partial charge in [0.2, 0.25) is 10.0 Å². The fourth-order valence-corrected chi connectivity index (χ4v) is 6.12. The van der Waals surface area contributed by atoms with Crippen molar-refractivity contribution < 1.29 is 37.0 Å². The Bertz CT molecular complexity index is 1530. The Morgan fingerprint density at radius 3 is 2.63 bits per heavy atom. The quantitative estimate of drug-likeness (QED) is 0.245. The van der Waals surface area contributed by atoms with Crippen LogP contribution in [0.25, 0.3) is 5.76 Å². The molecule has 1 atom stereocenters. The Morgan fingerprint density at radius 2 is 1.95 bits per heavy atom. The number of carbonyl (C=O) groups is 2. The third-order valence-electron chi connectivity index (χ3n) is 6.10. The van der Waals surface area contributed by atoms with Crippen LogP contribution in [-0.4, -0.2) is 53.1 Å². The van der Waals surface area contributed by atoms with E-state index in [4.69, 9.17) is 4.74 Å². The fraction of sp³-hybridized carbons (Fsp3) is 0.240. The molecule has 2 aromatic carbocycles. The van der Waals surface area contributed by atoms with Gasteiger partial charge in [0.05, 0.1) is 29.7 Å². The number of fused-ring (bicyclic) bond motifs is 2. The lowest BCUT2D eigenvalue weighted by atomic mass is 9.67. The SMILES string of the molecule is CCOC(=O)C=CCC1(C)C(=O)C(C2=NS(O)(O)c3cc(NS(C)(=O)=O)ccc3N2)=C(O)c2ccccc21. The van der Waals surface area contributed by atoms with Gasteiger partial charge in [-0.15, -0.1) is 4.40 Å². The molecule has 0 amide bonds. The van der Waals surface area contributed by atoms with Crippen molar-refractivity contribution in [3.05, 3.63) is 71.3 Å². The molecule has 13 heteroatoms. The maximum absolute atomic E-state index is 13.9. The van der Waals surface area contributed by atoms with E-state index in [-0.39, 0.29) is 40.7 Å². The molecule has 2 aliphatic rings. The summed E-state index contributed by atoms with van der Waals surface area (Å²) in [5.74, 6) is -1.75. The molecule has 2 aromatic rings. The molecule has 0 spiro atoms. The molecule has 202 valence electrons. The van der Waals surface area contributed by atoms with Gasteiger partial charge >= 0.3 is 5.97 Å². The number of ketones is 1. The molecule has 1 unspecified atom stereocenters. The van der Waals surface area contributed by atoms with E-state index in [1.807, 2.05) is 0 Å². The number of Topliss-reactive ketones (excluding diaryl/α,β-unsaturated/α-hetero) is 1. The highest BCUT2D eigenvalue weighted by atomic mass is 32.3. The number of nitrogens with one attached hydrogen (secondary N) is 2. The van der Waals surface area contributed by atoms with E-state index in [9.17, 15) is 32.2 Å². The topological polar surface area (TPSA) is 175 Å². The first-order valence-corrected chi connectivity index (χ1v) is 14.8. The number of ether oxygens (including phenoxy) is 1. The summed E-state index contributed by atoms with van der Waals surface area (Å²) in [5, 5.41) is 14.0. The van der Waals surface area contributed by atoms with Gasteiger partial charge in [-0.25, -0.2) is 13.2 Å². The maximum atomic E-state index is 13.9. The summed E-state index contributed by atoms with van der Waals surface area (Å²) in [6.07, 6.45) is 3.79. The Kier molecular flexibility index (Phi) is 7.14. The average molecular weight is 562 g/mol. The zero-order chi connectivity index (χ0) is 27.9. The third kappa shape index (κ3) is 5.18. The zero-order valence-corrected chi connectivity index (χ0v) is 22.4. The molecule has 0 saturated heterocycles. The second kappa shape index (κ2) is 9.91. The number of sulfonamides is 1. The summed E-state index contributed by atoms with van der Waals surface area (Å²) < 4.78 is 56.0. The highest BCUT2D eigenvalue weighted by Crippen LogP contribution is 2.57. The van der Waals surface area contributed by atoms with E-state index in [1.165, 1.54) is 30.4 Å². The average Bonchev–Trinajstić information content (AvgIpc) is 2.82. The third-order valence-corrected chi connectivity index (χ3v) is 8.07. The number of aliphatic hydroxyl groups excluding tert-OH is 1. The van der Waals surface area contributed by atoms with Gasteiger partial charge in [-0.3, -0.25) is 18.6 Å². The van der Waals surface area contributed by atoms with Gasteiger partial charge in [0.15, 0.2) is 11.6 Å². The lowest BCUT2D eigenvalue weighted by Gasteiger charge is -2.38. The number of hydrogen-bond donors (Lipinski definition) is 5. The number of nitrogens with zero attached hydrogens (tertiary/aromatic N) is 1.